The minimum absolute atomic E-state index is 0.0765. The van der Waals surface area contributed by atoms with Crippen LogP contribution in [0.5, 0.6) is 0 Å². The summed E-state index contributed by atoms with van der Waals surface area (Å²) >= 11 is 0. The van der Waals surface area contributed by atoms with Gasteiger partial charge in [-0.2, -0.15) is 0 Å². The van der Waals surface area contributed by atoms with Crippen LogP contribution in [-0.2, 0) is 9.53 Å². The highest BCUT2D eigenvalue weighted by molar-refractivity contribution is 5.79. The van der Waals surface area contributed by atoms with E-state index < -0.39 is 0 Å². The van der Waals surface area contributed by atoms with Gasteiger partial charge in [0.15, 0.2) is 0 Å². The number of nitrogens with two attached hydrogens (primary N) is 1. The Morgan fingerprint density at radius 3 is 2.76 bits per heavy atom. The maximum Gasteiger partial charge on any atom is 0.227 e. The molecular weight excluding hydrogens is 216 g/mol. The van der Waals surface area contributed by atoms with E-state index in [1.54, 1.807) is 0 Å². The molecule has 4 unspecified atom stereocenters. The predicted octanol–water partition coefficient (Wildman–Crippen LogP) is 1.14. The number of nitrogens with zero attached hydrogens (tertiary/aromatic N) is 1. The molecule has 1 heterocycles. The Morgan fingerprint density at radius 2 is 2.06 bits per heavy atom. The van der Waals surface area contributed by atoms with Gasteiger partial charge >= 0.3 is 0 Å². The fourth-order valence-electron chi connectivity index (χ4n) is 2.86. The molecule has 1 saturated heterocycles. The van der Waals surface area contributed by atoms with E-state index in [0.29, 0.717) is 12.6 Å². The first-order valence-electron chi connectivity index (χ1n) is 6.79. The van der Waals surface area contributed by atoms with Gasteiger partial charge < -0.3 is 15.4 Å². The summed E-state index contributed by atoms with van der Waals surface area (Å²) in [6, 6.07) is 0.221. The third kappa shape index (κ3) is 2.63. The van der Waals surface area contributed by atoms with Gasteiger partial charge in [0, 0.05) is 12.6 Å². The van der Waals surface area contributed by atoms with Crippen molar-refractivity contribution in [3.8, 4) is 0 Å². The van der Waals surface area contributed by atoms with E-state index in [1.807, 2.05) is 18.7 Å². The number of carbonyl (C=O) groups excluding carboxylic acids is 1. The van der Waals surface area contributed by atoms with Crippen molar-refractivity contribution in [2.24, 2.45) is 11.7 Å². The van der Waals surface area contributed by atoms with E-state index in [-0.39, 0.29) is 24.0 Å². The molecule has 0 spiro atoms. The molecule has 2 rings (SSSR count). The van der Waals surface area contributed by atoms with Gasteiger partial charge in [-0.1, -0.05) is 19.8 Å². The lowest BCUT2D eigenvalue weighted by Gasteiger charge is -2.45. The van der Waals surface area contributed by atoms with E-state index in [9.17, 15) is 4.79 Å². The van der Waals surface area contributed by atoms with Crippen LogP contribution in [0.1, 0.15) is 39.5 Å². The molecule has 0 aromatic rings. The number of fused-ring (bicyclic) bond motifs is 1. The van der Waals surface area contributed by atoms with Crippen molar-refractivity contribution < 1.29 is 9.53 Å². The van der Waals surface area contributed by atoms with Crippen LogP contribution in [0.4, 0.5) is 0 Å². The minimum atomic E-state index is -0.0873. The summed E-state index contributed by atoms with van der Waals surface area (Å²) in [7, 11) is 0. The van der Waals surface area contributed by atoms with Crippen LogP contribution < -0.4 is 5.73 Å². The first-order valence-corrected chi connectivity index (χ1v) is 6.79. The number of hydrogen-bond acceptors (Lipinski definition) is 3. The predicted molar refractivity (Wildman–Crippen MR) is 66.5 cm³/mol. The lowest BCUT2D eigenvalue weighted by atomic mass is 9.89. The second kappa shape index (κ2) is 5.36. The second-order valence-corrected chi connectivity index (χ2v) is 5.44. The maximum absolute atomic E-state index is 12.4. The van der Waals surface area contributed by atoms with Gasteiger partial charge in [-0.15, -0.1) is 0 Å². The van der Waals surface area contributed by atoms with Crippen molar-refractivity contribution in [2.45, 2.75) is 57.7 Å². The standard InChI is InChI=1S/C13H24N2O2/c1-9(10(2)14)13(16)15-7-8-17-12-6-4-3-5-11(12)15/h9-12H,3-8,14H2,1-2H3. The van der Waals surface area contributed by atoms with E-state index in [1.165, 1.54) is 12.8 Å². The summed E-state index contributed by atoms with van der Waals surface area (Å²) in [6.07, 6.45) is 4.89. The molecule has 98 valence electrons. The lowest BCUT2D eigenvalue weighted by molar-refractivity contribution is -0.153. The van der Waals surface area contributed by atoms with E-state index in [4.69, 9.17) is 10.5 Å². The van der Waals surface area contributed by atoms with Crippen LogP contribution in [0.25, 0.3) is 0 Å². The fraction of sp³-hybridized carbons (Fsp3) is 0.923. The Hall–Kier alpha value is -0.610. The van der Waals surface area contributed by atoms with Crippen molar-refractivity contribution >= 4 is 5.91 Å². The van der Waals surface area contributed by atoms with Crippen LogP contribution >= 0.6 is 0 Å². The first kappa shape index (κ1) is 12.8. The molecule has 1 aliphatic heterocycles. The Bertz CT molecular complexity index is 279. The van der Waals surface area contributed by atoms with E-state index in [2.05, 4.69) is 0 Å². The molecule has 4 nitrogen and oxygen atoms in total. The highest BCUT2D eigenvalue weighted by Gasteiger charge is 2.38. The molecule has 2 fully saturated rings. The summed E-state index contributed by atoms with van der Waals surface area (Å²) in [4.78, 5) is 14.4. The highest BCUT2D eigenvalue weighted by atomic mass is 16.5. The number of rotatable bonds is 2. The zero-order chi connectivity index (χ0) is 12.4. The molecule has 0 aromatic carbocycles. The smallest absolute Gasteiger partial charge is 0.227 e. The van der Waals surface area contributed by atoms with Gasteiger partial charge in [0.25, 0.3) is 0 Å². The molecular formula is C13H24N2O2. The largest absolute Gasteiger partial charge is 0.374 e. The average Bonchev–Trinajstić information content (AvgIpc) is 2.36. The van der Waals surface area contributed by atoms with Crippen LogP contribution in [0, 0.1) is 5.92 Å². The molecule has 0 bridgehead atoms. The van der Waals surface area contributed by atoms with Gasteiger partial charge in [0.1, 0.15) is 0 Å². The van der Waals surface area contributed by atoms with Crippen LogP contribution in [-0.4, -0.2) is 42.1 Å². The summed E-state index contributed by atoms with van der Waals surface area (Å²) in [5, 5.41) is 0. The number of carbonyl (C=O) groups is 1. The topological polar surface area (TPSA) is 55.6 Å². The Morgan fingerprint density at radius 1 is 1.35 bits per heavy atom. The number of morpholine rings is 1. The SMILES string of the molecule is CC(N)C(C)C(=O)N1CCOC2CCCCC21. The molecule has 4 heteroatoms. The zero-order valence-electron chi connectivity index (χ0n) is 10.9. The van der Waals surface area contributed by atoms with E-state index in [0.717, 1.165) is 19.4 Å². The van der Waals surface area contributed by atoms with Crippen LogP contribution in [0.3, 0.4) is 0 Å². The Balaban J connectivity index is 2.05. The number of hydrogen-bond donors (Lipinski definition) is 1. The lowest BCUT2D eigenvalue weighted by Crippen LogP contribution is -2.57. The monoisotopic (exact) mass is 240 g/mol. The van der Waals surface area contributed by atoms with Crippen LogP contribution in [0.2, 0.25) is 0 Å². The van der Waals surface area contributed by atoms with Gasteiger partial charge in [-0.25, -0.2) is 0 Å². The van der Waals surface area contributed by atoms with Gasteiger partial charge in [-0.3, -0.25) is 4.79 Å². The molecule has 1 saturated carbocycles. The molecule has 4 atom stereocenters. The summed E-state index contributed by atoms with van der Waals surface area (Å²) in [5.41, 5.74) is 5.83. The molecule has 0 radical (unpaired) electrons. The zero-order valence-corrected chi connectivity index (χ0v) is 10.9. The van der Waals surface area contributed by atoms with Crippen LogP contribution in [0.15, 0.2) is 0 Å². The fourth-order valence-corrected chi connectivity index (χ4v) is 2.86. The molecule has 1 amide bonds. The van der Waals surface area contributed by atoms with Crippen molar-refractivity contribution in [3.05, 3.63) is 0 Å². The highest BCUT2D eigenvalue weighted by Crippen LogP contribution is 2.29. The summed E-state index contributed by atoms with van der Waals surface area (Å²) in [6.45, 7) is 5.25. The van der Waals surface area contributed by atoms with Crippen molar-refractivity contribution in [1.82, 2.24) is 4.90 Å². The van der Waals surface area contributed by atoms with Crippen molar-refractivity contribution in [2.75, 3.05) is 13.2 Å². The van der Waals surface area contributed by atoms with Crippen molar-refractivity contribution in [1.29, 1.82) is 0 Å². The first-order chi connectivity index (χ1) is 8.11. The molecule has 2 aliphatic rings. The van der Waals surface area contributed by atoms with Gasteiger partial charge in [0.2, 0.25) is 5.91 Å². The maximum atomic E-state index is 12.4. The summed E-state index contributed by atoms with van der Waals surface area (Å²) < 4.78 is 5.78. The summed E-state index contributed by atoms with van der Waals surface area (Å²) in [5.74, 6) is 0.121. The third-order valence-corrected chi connectivity index (χ3v) is 4.19. The molecule has 17 heavy (non-hydrogen) atoms. The molecule has 0 aromatic heterocycles. The molecule has 2 N–H and O–H groups in total. The quantitative estimate of drug-likeness (QED) is 0.787. The number of amides is 1. The third-order valence-electron chi connectivity index (χ3n) is 4.19. The second-order valence-electron chi connectivity index (χ2n) is 5.44. The Labute approximate surface area is 103 Å². The average molecular weight is 240 g/mol. The normalized spacial score (nSPS) is 32.8. The van der Waals surface area contributed by atoms with Gasteiger partial charge in [-0.05, 0) is 19.8 Å². The molecule has 1 aliphatic carbocycles. The Kier molecular flexibility index (Phi) is 4.05. The van der Waals surface area contributed by atoms with Gasteiger partial charge in [0.05, 0.1) is 24.7 Å². The minimum Gasteiger partial charge on any atom is -0.374 e. The number of ether oxygens (including phenoxy) is 1. The van der Waals surface area contributed by atoms with Crippen molar-refractivity contribution in [3.63, 3.8) is 0 Å². The van der Waals surface area contributed by atoms with E-state index >= 15 is 0 Å².